The Labute approximate surface area is 93.0 Å². The maximum Gasteiger partial charge on any atom is 0.332 e. The fourth-order valence-corrected chi connectivity index (χ4v) is 1.97. The van der Waals surface area contributed by atoms with Gasteiger partial charge in [0.1, 0.15) is 0 Å². The monoisotopic (exact) mass is 226 g/mol. The molecule has 0 bridgehead atoms. The maximum absolute atomic E-state index is 11.1. The average Bonchev–Trinajstić information content (AvgIpc) is 2.16. The molecule has 0 aromatic rings. The van der Waals surface area contributed by atoms with E-state index in [1.54, 1.807) is 6.92 Å². The third kappa shape index (κ3) is 1.99. The highest BCUT2D eigenvalue weighted by Crippen LogP contribution is 2.39. The summed E-state index contributed by atoms with van der Waals surface area (Å²) in [5.74, 6) is -3.05. The van der Waals surface area contributed by atoms with E-state index >= 15 is 0 Å². The topological polar surface area (TPSA) is 83.8 Å². The molecule has 1 aliphatic carbocycles. The number of ether oxygens (including phenoxy) is 1. The van der Waals surface area contributed by atoms with Crippen LogP contribution in [0, 0.1) is 11.3 Å². The number of hydrogen-bond donors (Lipinski definition) is 2. The first-order valence-corrected chi connectivity index (χ1v) is 4.77. The van der Waals surface area contributed by atoms with E-state index in [2.05, 4.69) is 0 Å². The lowest BCUT2D eigenvalue weighted by Gasteiger charge is -2.35. The van der Waals surface area contributed by atoms with Crippen LogP contribution in [0.1, 0.15) is 6.92 Å². The van der Waals surface area contributed by atoms with Crippen LogP contribution >= 0.6 is 0 Å². The highest BCUT2D eigenvalue weighted by Gasteiger charge is 2.44. The van der Waals surface area contributed by atoms with Crippen LogP contribution in [0.25, 0.3) is 0 Å². The van der Waals surface area contributed by atoms with E-state index in [0.717, 1.165) is 0 Å². The quantitative estimate of drug-likeness (QED) is 0.744. The third-order valence-corrected chi connectivity index (χ3v) is 2.81. The summed E-state index contributed by atoms with van der Waals surface area (Å²) in [5, 5.41) is 18.1. The van der Waals surface area contributed by atoms with Gasteiger partial charge in [0, 0.05) is 18.1 Å². The molecule has 2 N–H and O–H groups in total. The lowest BCUT2D eigenvalue weighted by molar-refractivity contribution is -0.145. The Bertz CT molecular complexity index is 369. The summed E-state index contributed by atoms with van der Waals surface area (Å²) in [6, 6.07) is 0. The number of carboxylic acid groups (broad SMARTS) is 2. The molecule has 0 saturated heterocycles. The summed E-state index contributed by atoms with van der Waals surface area (Å²) >= 11 is 0. The van der Waals surface area contributed by atoms with Crippen molar-refractivity contribution in [2.45, 2.75) is 6.92 Å². The Morgan fingerprint density at radius 3 is 2.56 bits per heavy atom. The van der Waals surface area contributed by atoms with E-state index in [-0.39, 0.29) is 12.2 Å². The zero-order chi connectivity index (χ0) is 12.3. The molecule has 2 atom stereocenters. The first-order valence-electron chi connectivity index (χ1n) is 4.77. The Morgan fingerprint density at radius 1 is 1.50 bits per heavy atom. The van der Waals surface area contributed by atoms with Gasteiger partial charge in [0.15, 0.2) is 0 Å². The van der Waals surface area contributed by atoms with Gasteiger partial charge in [-0.25, -0.2) is 4.79 Å². The van der Waals surface area contributed by atoms with E-state index < -0.39 is 23.3 Å². The molecule has 5 nitrogen and oxygen atoms in total. The molecule has 0 radical (unpaired) electrons. The van der Waals surface area contributed by atoms with Crippen molar-refractivity contribution in [2.75, 3.05) is 13.7 Å². The molecule has 88 valence electrons. The molecule has 16 heavy (non-hydrogen) atoms. The number of hydrogen-bond acceptors (Lipinski definition) is 3. The summed E-state index contributed by atoms with van der Waals surface area (Å²) in [4.78, 5) is 22.1. The van der Waals surface area contributed by atoms with Crippen LogP contribution in [0.5, 0.6) is 0 Å². The van der Waals surface area contributed by atoms with Gasteiger partial charge < -0.3 is 14.9 Å². The van der Waals surface area contributed by atoms with Gasteiger partial charge in [-0.05, 0) is 0 Å². The number of aliphatic carboxylic acids is 2. The highest BCUT2D eigenvalue weighted by molar-refractivity contribution is 5.91. The maximum atomic E-state index is 11.1. The van der Waals surface area contributed by atoms with Crippen LogP contribution in [0.3, 0.4) is 0 Å². The van der Waals surface area contributed by atoms with Crippen molar-refractivity contribution in [3.05, 3.63) is 23.8 Å². The van der Waals surface area contributed by atoms with Gasteiger partial charge >= 0.3 is 11.9 Å². The third-order valence-electron chi connectivity index (χ3n) is 2.81. The molecule has 2 unspecified atom stereocenters. The molecule has 0 spiro atoms. The highest BCUT2D eigenvalue weighted by atomic mass is 16.5. The van der Waals surface area contributed by atoms with Gasteiger partial charge in [0.2, 0.25) is 0 Å². The predicted octanol–water partition coefficient (Wildman–Crippen LogP) is 0.921. The van der Waals surface area contributed by atoms with Crippen LogP contribution in [0.4, 0.5) is 0 Å². The van der Waals surface area contributed by atoms with E-state index in [9.17, 15) is 9.59 Å². The zero-order valence-electron chi connectivity index (χ0n) is 9.14. The van der Waals surface area contributed by atoms with Gasteiger partial charge in [-0.1, -0.05) is 25.2 Å². The van der Waals surface area contributed by atoms with Gasteiger partial charge in [-0.15, -0.1) is 0 Å². The van der Waals surface area contributed by atoms with Gasteiger partial charge in [-0.3, -0.25) is 4.79 Å². The second kappa shape index (κ2) is 4.49. The molecule has 1 aliphatic rings. The Balaban J connectivity index is 3.19. The van der Waals surface area contributed by atoms with E-state index in [0.29, 0.717) is 0 Å². The number of methoxy groups -OCH3 is 1. The largest absolute Gasteiger partial charge is 0.481 e. The summed E-state index contributed by atoms with van der Waals surface area (Å²) in [6.07, 6.45) is 4.36. The Kier molecular flexibility index (Phi) is 3.49. The molecule has 0 amide bonds. The average molecular weight is 226 g/mol. The molecule has 0 fully saturated rings. The second-order valence-corrected chi connectivity index (χ2v) is 3.94. The standard InChI is InChI=1S/C11H14O5/c1-11(6-16-2)7(9(12)13)4-3-5-8(11)10(14)15/h3-5,7H,6H2,1-2H3,(H,12,13)(H,14,15). The second-order valence-electron chi connectivity index (χ2n) is 3.94. The SMILES string of the molecule is COCC1(C)C(C(=O)O)=CC=CC1C(=O)O. The van der Waals surface area contributed by atoms with Crippen LogP contribution in [0.2, 0.25) is 0 Å². The van der Waals surface area contributed by atoms with Crippen molar-refractivity contribution < 1.29 is 24.5 Å². The lowest BCUT2D eigenvalue weighted by atomic mass is 9.69. The molecule has 1 rings (SSSR count). The minimum atomic E-state index is -1.12. The van der Waals surface area contributed by atoms with Crippen LogP contribution in [-0.2, 0) is 14.3 Å². The Hall–Kier alpha value is -1.62. The minimum absolute atomic E-state index is 0.0481. The zero-order valence-corrected chi connectivity index (χ0v) is 9.14. The van der Waals surface area contributed by atoms with Gasteiger partial charge in [0.05, 0.1) is 12.5 Å². The molecule has 0 aliphatic heterocycles. The smallest absolute Gasteiger partial charge is 0.332 e. The summed E-state index contributed by atoms with van der Waals surface area (Å²) < 4.78 is 4.94. The molecule has 0 aromatic carbocycles. The van der Waals surface area contributed by atoms with Crippen LogP contribution in [-0.4, -0.2) is 35.9 Å². The number of allylic oxidation sites excluding steroid dienone is 2. The fraction of sp³-hybridized carbons (Fsp3) is 0.455. The van der Waals surface area contributed by atoms with Crippen molar-refractivity contribution >= 4 is 11.9 Å². The number of rotatable bonds is 4. The molecule has 0 heterocycles. The van der Waals surface area contributed by atoms with Gasteiger partial charge in [-0.2, -0.15) is 0 Å². The summed E-state index contributed by atoms with van der Waals surface area (Å²) in [7, 11) is 1.42. The summed E-state index contributed by atoms with van der Waals surface area (Å²) in [5.41, 5.74) is -0.981. The molecule has 5 heteroatoms. The lowest BCUT2D eigenvalue weighted by Crippen LogP contribution is -2.41. The molecule has 0 saturated carbocycles. The van der Waals surface area contributed by atoms with Crippen molar-refractivity contribution in [2.24, 2.45) is 11.3 Å². The normalized spacial score (nSPS) is 28.6. The fourth-order valence-electron chi connectivity index (χ4n) is 1.97. The minimum Gasteiger partial charge on any atom is -0.481 e. The first-order chi connectivity index (χ1) is 7.43. The van der Waals surface area contributed by atoms with E-state index in [4.69, 9.17) is 14.9 Å². The number of carbonyl (C=O) groups is 2. The van der Waals surface area contributed by atoms with Crippen LogP contribution in [0.15, 0.2) is 23.8 Å². The Morgan fingerprint density at radius 2 is 2.12 bits per heavy atom. The molecular weight excluding hydrogens is 212 g/mol. The first kappa shape index (κ1) is 12.4. The number of carboxylic acids is 2. The van der Waals surface area contributed by atoms with E-state index in [1.807, 2.05) is 0 Å². The summed E-state index contributed by atoms with van der Waals surface area (Å²) in [6.45, 7) is 1.63. The molecule has 0 aromatic heterocycles. The predicted molar refractivity (Wildman–Crippen MR) is 56.0 cm³/mol. The van der Waals surface area contributed by atoms with Crippen molar-refractivity contribution in [3.63, 3.8) is 0 Å². The van der Waals surface area contributed by atoms with Crippen molar-refractivity contribution in [1.82, 2.24) is 0 Å². The van der Waals surface area contributed by atoms with Crippen molar-refractivity contribution in [1.29, 1.82) is 0 Å². The van der Waals surface area contributed by atoms with Crippen molar-refractivity contribution in [3.8, 4) is 0 Å². The molecular formula is C11H14O5. The van der Waals surface area contributed by atoms with Crippen LogP contribution < -0.4 is 0 Å². The van der Waals surface area contributed by atoms with Gasteiger partial charge in [0.25, 0.3) is 0 Å². The van der Waals surface area contributed by atoms with E-state index in [1.165, 1.54) is 25.3 Å².